The van der Waals surface area contributed by atoms with E-state index < -0.39 is 0 Å². The first-order chi connectivity index (χ1) is 7.68. The summed E-state index contributed by atoms with van der Waals surface area (Å²) in [5.74, 6) is 0.714. The average molecular weight is 231 g/mol. The Balaban J connectivity index is 2.48. The SMILES string of the molecule is C[C@@H]1Nc2c3ccccc3nc(=S)n2C1=O. The zero-order chi connectivity index (χ0) is 11.3. The van der Waals surface area contributed by atoms with Crippen LogP contribution >= 0.6 is 12.2 Å². The molecule has 0 unspecified atom stereocenters. The van der Waals surface area contributed by atoms with E-state index in [9.17, 15) is 4.79 Å². The van der Waals surface area contributed by atoms with Crippen LogP contribution in [0, 0.1) is 4.77 Å². The van der Waals surface area contributed by atoms with E-state index in [-0.39, 0.29) is 11.9 Å². The van der Waals surface area contributed by atoms with E-state index in [1.54, 1.807) is 0 Å². The largest absolute Gasteiger partial charge is 0.359 e. The lowest BCUT2D eigenvalue weighted by molar-refractivity contribution is 0.0911. The third-order valence-corrected chi connectivity index (χ3v) is 3.01. The number of aromatic nitrogens is 2. The van der Waals surface area contributed by atoms with Crippen LogP contribution in [-0.4, -0.2) is 21.5 Å². The smallest absolute Gasteiger partial charge is 0.256 e. The monoisotopic (exact) mass is 231 g/mol. The summed E-state index contributed by atoms with van der Waals surface area (Å²) in [6.45, 7) is 1.82. The highest BCUT2D eigenvalue weighted by atomic mass is 32.1. The second kappa shape index (κ2) is 3.12. The number of hydrogen-bond donors (Lipinski definition) is 1. The first kappa shape index (κ1) is 9.47. The number of carbonyl (C=O) groups excluding carboxylic acids is 1. The highest BCUT2D eigenvalue weighted by molar-refractivity contribution is 7.71. The zero-order valence-corrected chi connectivity index (χ0v) is 9.41. The number of benzene rings is 1. The predicted octanol–water partition coefficient (Wildman–Crippen LogP) is 2.22. The van der Waals surface area contributed by atoms with Crippen LogP contribution in [-0.2, 0) is 0 Å². The number of fused-ring (bicyclic) bond motifs is 3. The number of rotatable bonds is 0. The van der Waals surface area contributed by atoms with Gasteiger partial charge in [-0.25, -0.2) is 9.55 Å². The van der Waals surface area contributed by atoms with Crippen LogP contribution in [0.5, 0.6) is 0 Å². The summed E-state index contributed by atoms with van der Waals surface area (Å²) in [6.07, 6.45) is 0. The molecule has 1 atom stereocenters. The van der Waals surface area contributed by atoms with Crippen molar-refractivity contribution in [3.8, 4) is 0 Å². The second-order valence-corrected chi connectivity index (χ2v) is 4.16. The molecule has 0 radical (unpaired) electrons. The van der Waals surface area contributed by atoms with Gasteiger partial charge in [0.1, 0.15) is 11.9 Å². The second-order valence-electron chi connectivity index (χ2n) is 3.80. The number of nitrogens with one attached hydrogen (secondary N) is 1. The molecule has 2 aromatic rings. The van der Waals surface area contributed by atoms with Crippen molar-refractivity contribution in [1.29, 1.82) is 0 Å². The summed E-state index contributed by atoms with van der Waals surface area (Å²) in [5.41, 5.74) is 0.813. The van der Waals surface area contributed by atoms with Crippen LogP contribution < -0.4 is 5.32 Å². The van der Waals surface area contributed by atoms with Crippen LogP contribution in [0.4, 0.5) is 5.82 Å². The molecule has 0 bridgehead atoms. The standard InChI is InChI=1S/C11H9N3OS/c1-6-10(15)14-9(12-6)7-4-2-3-5-8(7)13-11(14)16/h2-6,12H,1H3/t6-/m0/s1. The maximum absolute atomic E-state index is 11.9. The Morgan fingerprint density at radius 3 is 3.00 bits per heavy atom. The minimum atomic E-state index is -0.241. The van der Waals surface area contributed by atoms with Gasteiger partial charge in [-0.15, -0.1) is 0 Å². The van der Waals surface area contributed by atoms with Gasteiger partial charge in [0.25, 0.3) is 5.91 Å². The maximum atomic E-state index is 11.9. The number of anilines is 1. The van der Waals surface area contributed by atoms with Crippen LogP contribution in [0.3, 0.4) is 0 Å². The number of para-hydroxylation sites is 1. The van der Waals surface area contributed by atoms with Crippen molar-refractivity contribution in [2.45, 2.75) is 13.0 Å². The molecule has 0 amide bonds. The van der Waals surface area contributed by atoms with Crippen molar-refractivity contribution in [3.05, 3.63) is 29.0 Å². The molecule has 0 spiro atoms. The molecule has 0 fully saturated rings. The predicted molar refractivity (Wildman–Crippen MR) is 64.3 cm³/mol. The summed E-state index contributed by atoms with van der Waals surface area (Å²) in [4.78, 5) is 16.1. The fraction of sp³-hybridized carbons (Fsp3) is 0.182. The van der Waals surface area contributed by atoms with Crippen molar-refractivity contribution >= 4 is 34.8 Å². The quantitative estimate of drug-likeness (QED) is 0.706. The number of nitrogens with zero attached hydrogens (tertiary/aromatic N) is 2. The van der Waals surface area contributed by atoms with Gasteiger partial charge in [0.2, 0.25) is 4.77 Å². The fourth-order valence-electron chi connectivity index (χ4n) is 1.95. The fourth-order valence-corrected chi connectivity index (χ4v) is 2.23. The molecular formula is C11H9N3OS. The Hall–Kier alpha value is -1.75. The molecule has 1 aromatic carbocycles. The number of carbonyl (C=O) groups is 1. The minimum absolute atomic E-state index is 0.0433. The first-order valence-corrected chi connectivity index (χ1v) is 5.42. The molecule has 1 aliphatic rings. The molecule has 3 rings (SSSR count). The van der Waals surface area contributed by atoms with E-state index in [1.807, 2.05) is 31.2 Å². The Bertz CT molecular complexity index is 662. The highest BCUT2D eigenvalue weighted by Crippen LogP contribution is 2.27. The van der Waals surface area contributed by atoms with Crippen molar-refractivity contribution in [1.82, 2.24) is 9.55 Å². The van der Waals surface area contributed by atoms with E-state index in [4.69, 9.17) is 12.2 Å². The van der Waals surface area contributed by atoms with Gasteiger partial charge in [-0.1, -0.05) is 12.1 Å². The van der Waals surface area contributed by atoms with Gasteiger partial charge in [-0.3, -0.25) is 4.79 Å². The third-order valence-electron chi connectivity index (χ3n) is 2.73. The lowest BCUT2D eigenvalue weighted by Crippen LogP contribution is -2.20. The van der Waals surface area contributed by atoms with Gasteiger partial charge < -0.3 is 5.32 Å². The molecule has 80 valence electrons. The summed E-state index contributed by atoms with van der Waals surface area (Å²) in [5, 5.41) is 4.06. The molecule has 5 heteroatoms. The Kier molecular flexibility index (Phi) is 1.85. The van der Waals surface area contributed by atoms with Crippen LogP contribution in [0.1, 0.15) is 11.7 Å². The lowest BCUT2D eigenvalue weighted by Gasteiger charge is -2.05. The third kappa shape index (κ3) is 1.12. The Labute approximate surface area is 96.9 Å². The summed E-state index contributed by atoms with van der Waals surface area (Å²) >= 11 is 5.13. The average Bonchev–Trinajstić information content (AvgIpc) is 2.57. The summed E-state index contributed by atoms with van der Waals surface area (Å²) in [6, 6.07) is 7.40. The minimum Gasteiger partial charge on any atom is -0.359 e. The zero-order valence-electron chi connectivity index (χ0n) is 8.60. The van der Waals surface area contributed by atoms with E-state index in [0.29, 0.717) is 4.77 Å². The summed E-state index contributed by atoms with van der Waals surface area (Å²) in [7, 11) is 0. The van der Waals surface area contributed by atoms with Crippen LogP contribution in [0.2, 0.25) is 0 Å². The van der Waals surface area contributed by atoms with E-state index in [1.165, 1.54) is 4.57 Å². The molecule has 16 heavy (non-hydrogen) atoms. The molecular weight excluding hydrogens is 222 g/mol. The molecule has 0 saturated heterocycles. The summed E-state index contributed by atoms with van der Waals surface area (Å²) < 4.78 is 1.79. The van der Waals surface area contributed by atoms with Crippen molar-refractivity contribution in [2.75, 3.05) is 5.32 Å². The van der Waals surface area contributed by atoms with E-state index >= 15 is 0 Å². The molecule has 2 heterocycles. The van der Waals surface area contributed by atoms with Gasteiger partial charge in [0.15, 0.2) is 0 Å². The van der Waals surface area contributed by atoms with Gasteiger partial charge in [0.05, 0.1) is 5.52 Å². The van der Waals surface area contributed by atoms with Gasteiger partial charge in [-0.05, 0) is 31.3 Å². The van der Waals surface area contributed by atoms with Gasteiger partial charge in [0, 0.05) is 5.39 Å². The number of hydrogen-bond acceptors (Lipinski definition) is 4. The van der Waals surface area contributed by atoms with Crippen molar-refractivity contribution < 1.29 is 4.79 Å². The molecule has 1 aromatic heterocycles. The van der Waals surface area contributed by atoms with Crippen molar-refractivity contribution in [3.63, 3.8) is 0 Å². The van der Waals surface area contributed by atoms with Crippen molar-refractivity contribution in [2.24, 2.45) is 0 Å². The first-order valence-electron chi connectivity index (χ1n) is 5.01. The lowest BCUT2D eigenvalue weighted by atomic mass is 10.2. The van der Waals surface area contributed by atoms with E-state index in [0.717, 1.165) is 16.7 Å². The normalized spacial score (nSPS) is 18.6. The topological polar surface area (TPSA) is 46.9 Å². The van der Waals surface area contributed by atoms with E-state index in [2.05, 4.69) is 10.3 Å². The molecule has 1 aliphatic heterocycles. The molecule has 0 aliphatic carbocycles. The molecule has 1 N–H and O–H groups in total. The molecule has 4 nitrogen and oxygen atoms in total. The Morgan fingerprint density at radius 2 is 2.19 bits per heavy atom. The van der Waals surface area contributed by atoms with Crippen LogP contribution in [0.25, 0.3) is 10.9 Å². The van der Waals surface area contributed by atoms with Crippen LogP contribution in [0.15, 0.2) is 24.3 Å². The van der Waals surface area contributed by atoms with Gasteiger partial charge >= 0.3 is 0 Å². The maximum Gasteiger partial charge on any atom is 0.256 e. The Morgan fingerprint density at radius 1 is 1.44 bits per heavy atom. The molecule has 0 saturated carbocycles. The highest BCUT2D eigenvalue weighted by Gasteiger charge is 2.27. The van der Waals surface area contributed by atoms with Gasteiger partial charge in [-0.2, -0.15) is 0 Å².